The van der Waals surface area contributed by atoms with Crippen LogP contribution < -0.4 is 4.74 Å². The van der Waals surface area contributed by atoms with Crippen molar-refractivity contribution < 1.29 is 9.53 Å². The van der Waals surface area contributed by atoms with Crippen LogP contribution in [-0.2, 0) is 4.79 Å². The Morgan fingerprint density at radius 2 is 2.28 bits per heavy atom. The largest absolute Gasteiger partial charge is 0.482 e. The average Bonchev–Trinajstić information content (AvgIpc) is 2.74. The number of nitrogens with zero attached hydrogens (tertiary/aromatic N) is 1. The van der Waals surface area contributed by atoms with Crippen molar-refractivity contribution in [2.45, 2.75) is 0 Å². The van der Waals surface area contributed by atoms with Crippen molar-refractivity contribution >= 4 is 57.4 Å². The van der Waals surface area contributed by atoms with Crippen LogP contribution in [0.25, 0.3) is 0 Å². The van der Waals surface area contributed by atoms with Gasteiger partial charge in [0, 0.05) is 17.3 Å². The summed E-state index contributed by atoms with van der Waals surface area (Å²) >= 11 is 18.3. The van der Waals surface area contributed by atoms with Crippen LogP contribution >= 0.6 is 47.2 Å². The second-order valence-corrected chi connectivity index (χ2v) is 6.10. The van der Waals surface area contributed by atoms with Crippen LogP contribution in [0, 0.1) is 0 Å². The first kappa shape index (κ1) is 13.9. The van der Waals surface area contributed by atoms with Gasteiger partial charge in [-0.05, 0) is 18.2 Å². The smallest absolute Gasteiger partial charge is 0.265 e. The van der Waals surface area contributed by atoms with Crippen molar-refractivity contribution in [3.8, 4) is 5.75 Å². The molecular formula is C11H9Cl2NO2S2. The van der Waals surface area contributed by atoms with Gasteiger partial charge < -0.3 is 4.74 Å². The van der Waals surface area contributed by atoms with E-state index in [-0.39, 0.29) is 12.5 Å². The lowest BCUT2D eigenvalue weighted by atomic mass is 10.3. The van der Waals surface area contributed by atoms with Crippen LogP contribution in [-0.4, -0.2) is 34.0 Å². The molecular weight excluding hydrogens is 313 g/mol. The highest BCUT2D eigenvalue weighted by Crippen LogP contribution is 2.27. The Labute approximate surface area is 124 Å². The third kappa shape index (κ3) is 3.29. The number of hydrogen-bond acceptors (Lipinski definition) is 4. The molecule has 1 aromatic carbocycles. The second-order valence-electron chi connectivity index (χ2n) is 3.52. The predicted molar refractivity (Wildman–Crippen MR) is 78.7 cm³/mol. The van der Waals surface area contributed by atoms with Gasteiger partial charge in [-0.3, -0.25) is 9.69 Å². The van der Waals surface area contributed by atoms with Gasteiger partial charge in [0.25, 0.3) is 5.91 Å². The lowest BCUT2D eigenvalue weighted by Crippen LogP contribution is -2.34. The van der Waals surface area contributed by atoms with Gasteiger partial charge in [0.05, 0.1) is 5.02 Å². The van der Waals surface area contributed by atoms with E-state index in [0.29, 0.717) is 26.7 Å². The summed E-state index contributed by atoms with van der Waals surface area (Å²) in [6, 6.07) is 4.86. The highest BCUT2D eigenvalue weighted by Gasteiger charge is 2.24. The van der Waals surface area contributed by atoms with Crippen molar-refractivity contribution in [1.29, 1.82) is 0 Å². The number of carbonyl (C=O) groups excluding carboxylic acids is 1. The van der Waals surface area contributed by atoms with Gasteiger partial charge in [-0.1, -0.05) is 47.2 Å². The summed E-state index contributed by atoms with van der Waals surface area (Å²) < 4.78 is 5.97. The minimum Gasteiger partial charge on any atom is -0.482 e. The molecule has 1 aromatic rings. The van der Waals surface area contributed by atoms with Crippen molar-refractivity contribution in [1.82, 2.24) is 4.90 Å². The first-order chi connectivity index (χ1) is 8.58. The summed E-state index contributed by atoms with van der Waals surface area (Å²) in [4.78, 5) is 13.4. The molecule has 2 rings (SSSR count). The summed E-state index contributed by atoms with van der Waals surface area (Å²) in [5.41, 5.74) is 0. The molecule has 0 aromatic heterocycles. The minimum atomic E-state index is -0.156. The number of amides is 1. The molecule has 0 unspecified atom stereocenters. The normalized spacial score (nSPS) is 15.0. The first-order valence-electron chi connectivity index (χ1n) is 5.13. The molecule has 18 heavy (non-hydrogen) atoms. The minimum absolute atomic E-state index is 0.0813. The Kier molecular flexibility index (Phi) is 4.72. The summed E-state index contributed by atoms with van der Waals surface area (Å²) in [5, 5.41) is 0.907. The van der Waals surface area contributed by atoms with Crippen molar-refractivity contribution in [2.75, 3.05) is 18.9 Å². The molecule has 0 radical (unpaired) electrons. The van der Waals surface area contributed by atoms with Gasteiger partial charge in [-0.15, -0.1) is 0 Å². The fraction of sp³-hybridized carbons (Fsp3) is 0.273. The lowest BCUT2D eigenvalue weighted by molar-refractivity contribution is -0.128. The number of hydrogen-bond donors (Lipinski definition) is 0. The second kappa shape index (κ2) is 6.10. The molecule has 1 aliphatic rings. The zero-order valence-corrected chi connectivity index (χ0v) is 12.3. The maximum Gasteiger partial charge on any atom is 0.265 e. The molecule has 0 spiro atoms. The molecule has 1 aliphatic heterocycles. The van der Waals surface area contributed by atoms with E-state index < -0.39 is 0 Å². The fourth-order valence-corrected chi connectivity index (χ4v) is 3.13. The van der Waals surface area contributed by atoms with Crippen LogP contribution in [0.5, 0.6) is 5.75 Å². The van der Waals surface area contributed by atoms with Crippen molar-refractivity contribution in [3.05, 3.63) is 28.2 Å². The summed E-state index contributed by atoms with van der Waals surface area (Å²) in [5.74, 6) is 1.12. The van der Waals surface area contributed by atoms with Crippen LogP contribution in [0.1, 0.15) is 0 Å². The van der Waals surface area contributed by atoms with Gasteiger partial charge in [0.15, 0.2) is 6.61 Å². The standard InChI is InChI=1S/C11H9Cl2NO2S2/c12-7-1-2-9(8(13)5-7)16-6-10(15)14-3-4-18-11(14)17/h1-2,5H,3-4,6H2. The number of halogens is 2. The maximum absolute atomic E-state index is 11.8. The van der Waals surface area contributed by atoms with Crippen LogP contribution in [0.2, 0.25) is 10.0 Å². The lowest BCUT2D eigenvalue weighted by Gasteiger charge is -2.15. The molecule has 1 fully saturated rings. The Hall–Kier alpha value is -0.490. The average molecular weight is 322 g/mol. The maximum atomic E-state index is 11.8. The Balaban J connectivity index is 1.95. The monoisotopic (exact) mass is 321 g/mol. The van der Waals surface area contributed by atoms with E-state index in [4.69, 9.17) is 40.2 Å². The van der Waals surface area contributed by atoms with Gasteiger partial charge >= 0.3 is 0 Å². The van der Waals surface area contributed by atoms with E-state index in [1.165, 1.54) is 11.8 Å². The molecule has 3 nitrogen and oxygen atoms in total. The van der Waals surface area contributed by atoms with E-state index in [1.807, 2.05) is 0 Å². The molecule has 0 saturated carbocycles. The van der Waals surface area contributed by atoms with Crippen LogP contribution in [0.3, 0.4) is 0 Å². The highest BCUT2D eigenvalue weighted by atomic mass is 35.5. The number of rotatable bonds is 3. The number of benzene rings is 1. The zero-order valence-electron chi connectivity index (χ0n) is 9.19. The van der Waals surface area contributed by atoms with Crippen molar-refractivity contribution in [3.63, 3.8) is 0 Å². The van der Waals surface area contributed by atoms with Crippen molar-refractivity contribution in [2.24, 2.45) is 0 Å². The Morgan fingerprint density at radius 3 is 2.89 bits per heavy atom. The van der Waals surface area contributed by atoms with Crippen LogP contribution in [0.15, 0.2) is 18.2 Å². The van der Waals surface area contributed by atoms with E-state index in [2.05, 4.69) is 0 Å². The molecule has 1 amide bonds. The molecule has 0 N–H and O–H groups in total. The van der Waals surface area contributed by atoms with Crippen LogP contribution in [0.4, 0.5) is 0 Å². The van der Waals surface area contributed by atoms with Gasteiger partial charge in [-0.2, -0.15) is 0 Å². The Morgan fingerprint density at radius 1 is 1.50 bits per heavy atom. The third-order valence-corrected chi connectivity index (χ3v) is 4.27. The Bertz CT molecular complexity index is 496. The number of carbonyl (C=O) groups is 1. The molecule has 0 atom stereocenters. The van der Waals surface area contributed by atoms with Gasteiger partial charge in [-0.25, -0.2) is 0 Å². The molecule has 7 heteroatoms. The molecule has 0 aliphatic carbocycles. The summed E-state index contributed by atoms with van der Waals surface area (Å²) in [6.07, 6.45) is 0. The van der Waals surface area contributed by atoms with E-state index in [0.717, 1.165) is 5.75 Å². The molecule has 1 saturated heterocycles. The quantitative estimate of drug-likeness (QED) is 0.799. The molecule has 0 bridgehead atoms. The van der Waals surface area contributed by atoms with E-state index >= 15 is 0 Å². The third-order valence-electron chi connectivity index (χ3n) is 2.31. The van der Waals surface area contributed by atoms with Gasteiger partial charge in [0.1, 0.15) is 10.1 Å². The fourth-order valence-electron chi connectivity index (χ4n) is 1.43. The number of thiocarbonyl (C=S) groups is 1. The summed E-state index contributed by atoms with van der Waals surface area (Å²) in [7, 11) is 0. The van der Waals surface area contributed by atoms with Gasteiger partial charge in [0.2, 0.25) is 0 Å². The summed E-state index contributed by atoms with van der Waals surface area (Å²) in [6.45, 7) is 0.558. The molecule has 96 valence electrons. The topological polar surface area (TPSA) is 29.5 Å². The predicted octanol–water partition coefficient (Wildman–Crippen LogP) is 3.23. The van der Waals surface area contributed by atoms with E-state index in [1.54, 1.807) is 23.1 Å². The number of ether oxygens (including phenoxy) is 1. The first-order valence-corrected chi connectivity index (χ1v) is 7.28. The highest BCUT2D eigenvalue weighted by molar-refractivity contribution is 8.23. The number of thioether (sulfide) groups is 1. The zero-order chi connectivity index (χ0) is 13.1. The molecule has 1 heterocycles. The van der Waals surface area contributed by atoms with E-state index in [9.17, 15) is 4.79 Å². The SMILES string of the molecule is O=C(COc1ccc(Cl)cc1Cl)N1CCSC1=S.